The van der Waals surface area contributed by atoms with Crippen LogP contribution in [0.25, 0.3) is 0 Å². The van der Waals surface area contributed by atoms with Gasteiger partial charge in [-0.15, -0.1) is 0 Å². The maximum absolute atomic E-state index is 12.5. The van der Waals surface area contributed by atoms with Gasteiger partial charge in [-0.05, 0) is 91.7 Å². The van der Waals surface area contributed by atoms with Gasteiger partial charge in [0.1, 0.15) is 19.2 Å². The zero-order chi connectivity index (χ0) is 36.6. The minimum Gasteiger partial charge on any atom is -0.480 e. The predicted octanol–water partition coefficient (Wildman–Crippen LogP) is 0.924. The van der Waals surface area contributed by atoms with Crippen LogP contribution < -0.4 is 22.1 Å². The molecule has 0 aromatic heterocycles. The number of halogens is 1. The molecular formula is C32H51IN6O10. The number of nitrogens with zero attached hydrogens (tertiary/aromatic N) is 2. The van der Waals surface area contributed by atoms with E-state index in [1.807, 2.05) is 0 Å². The fraction of sp³-hybridized carbons (Fsp3) is 0.625. The maximum atomic E-state index is 12.5. The summed E-state index contributed by atoms with van der Waals surface area (Å²) < 4.78 is 11.9. The zero-order valence-corrected chi connectivity index (χ0v) is 30.2. The first-order valence-electron chi connectivity index (χ1n) is 16.3. The second-order valence-electron chi connectivity index (χ2n) is 11.4. The lowest BCUT2D eigenvalue weighted by atomic mass is 10.1. The predicted molar refractivity (Wildman–Crippen MR) is 188 cm³/mol. The van der Waals surface area contributed by atoms with Crippen LogP contribution in [-0.2, 0) is 39.9 Å². The second-order valence-corrected chi connectivity index (χ2v) is 12.6. The molecule has 0 saturated carbocycles. The number of hydrogen-bond donors (Lipinski definition) is 6. The monoisotopic (exact) mass is 806 g/mol. The fourth-order valence-corrected chi connectivity index (χ4v) is 4.98. The van der Waals surface area contributed by atoms with E-state index in [9.17, 15) is 33.9 Å². The van der Waals surface area contributed by atoms with Gasteiger partial charge in [-0.25, -0.2) is 9.59 Å². The summed E-state index contributed by atoms with van der Waals surface area (Å²) in [6.07, 6.45) is 4.68. The van der Waals surface area contributed by atoms with Crippen molar-refractivity contribution in [2.45, 2.75) is 69.9 Å². The molecule has 8 N–H and O–H groups in total. The number of ether oxygens (including phenoxy) is 2. The second kappa shape index (κ2) is 25.4. The highest BCUT2D eigenvalue weighted by atomic mass is 127. The first kappa shape index (κ1) is 43.5. The Hall–Kier alpha value is -3.55. The number of benzene rings is 1. The molecule has 0 heterocycles. The number of hydrogen-bond acceptors (Lipinski definition) is 9. The van der Waals surface area contributed by atoms with Crippen molar-refractivity contribution in [2.75, 3.05) is 59.7 Å². The lowest BCUT2D eigenvalue weighted by Gasteiger charge is -2.24. The number of carboxylic acids is 2. The number of likely N-dealkylation sites (N-methyl/N-ethyl adjacent to an activating group) is 1. The normalized spacial score (nSPS) is 12.1. The van der Waals surface area contributed by atoms with Crippen molar-refractivity contribution in [1.82, 2.24) is 20.4 Å². The van der Waals surface area contributed by atoms with Crippen molar-refractivity contribution in [3.8, 4) is 0 Å². The fourth-order valence-electron chi connectivity index (χ4n) is 4.62. The summed E-state index contributed by atoms with van der Waals surface area (Å²) in [5, 5.41) is 24.0. The molecule has 0 aliphatic rings. The number of unbranched alkanes of at least 4 members (excludes halogenated alkanes) is 2. The summed E-state index contributed by atoms with van der Waals surface area (Å²) >= 11 is 2.26. The van der Waals surface area contributed by atoms with E-state index in [4.69, 9.17) is 26.0 Å². The highest BCUT2D eigenvalue weighted by Gasteiger charge is 2.25. The summed E-state index contributed by atoms with van der Waals surface area (Å²) in [4.78, 5) is 72.6. The van der Waals surface area contributed by atoms with E-state index in [2.05, 4.69) is 57.5 Å². The number of carbonyl (C=O) groups excluding carboxylic acids is 4. The third-order valence-corrected chi connectivity index (χ3v) is 8.18. The molecular weight excluding hydrogens is 755 g/mol. The Bertz CT molecular complexity index is 1190. The topological polar surface area (TPSA) is 244 Å². The van der Waals surface area contributed by atoms with E-state index < -0.39 is 42.5 Å². The lowest BCUT2D eigenvalue weighted by Crippen LogP contribution is -2.45. The van der Waals surface area contributed by atoms with E-state index in [0.717, 1.165) is 22.6 Å². The Balaban J connectivity index is 2.12. The lowest BCUT2D eigenvalue weighted by molar-refractivity contribution is -0.146. The maximum Gasteiger partial charge on any atom is 0.326 e. The molecule has 1 aromatic carbocycles. The van der Waals surface area contributed by atoms with Gasteiger partial charge in [-0.3, -0.25) is 19.2 Å². The van der Waals surface area contributed by atoms with Crippen LogP contribution in [0.4, 0.5) is 4.79 Å². The van der Waals surface area contributed by atoms with E-state index in [-0.39, 0.29) is 57.8 Å². The van der Waals surface area contributed by atoms with E-state index in [0.29, 0.717) is 45.1 Å². The molecule has 2 atom stereocenters. The first-order valence-corrected chi connectivity index (χ1v) is 17.3. The van der Waals surface area contributed by atoms with Crippen LogP contribution >= 0.6 is 22.6 Å². The Kier molecular flexibility index (Phi) is 22.6. The number of aryl methyl sites for hydroxylation is 1. The van der Waals surface area contributed by atoms with Gasteiger partial charge in [0.05, 0.1) is 25.9 Å². The Morgan fingerprint density at radius 3 is 2.20 bits per heavy atom. The number of rotatable bonds is 27. The van der Waals surface area contributed by atoms with Gasteiger partial charge < -0.3 is 51.6 Å². The van der Waals surface area contributed by atoms with Crippen LogP contribution in [0.5, 0.6) is 0 Å². The number of aliphatic carboxylic acids is 2. The van der Waals surface area contributed by atoms with Gasteiger partial charge in [-0.2, -0.15) is 0 Å². The molecule has 16 nitrogen and oxygen atoms in total. The summed E-state index contributed by atoms with van der Waals surface area (Å²) in [5.74, 6) is -3.27. The molecule has 276 valence electrons. The number of carboxylic acid groups (broad SMARTS) is 2. The van der Waals surface area contributed by atoms with E-state index in [1.165, 1.54) is 16.2 Å². The molecule has 0 aliphatic carbocycles. The number of nitrogens with one attached hydrogen (secondary N) is 2. The molecule has 0 radical (unpaired) electrons. The van der Waals surface area contributed by atoms with Gasteiger partial charge in [0.15, 0.2) is 0 Å². The summed E-state index contributed by atoms with van der Waals surface area (Å²) in [6, 6.07) is 5.56. The summed E-state index contributed by atoms with van der Waals surface area (Å²) in [7, 11) is 1.28. The highest BCUT2D eigenvalue weighted by Crippen LogP contribution is 2.11. The number of carbonyl (C=O) groups is 6. The number of primary amides is 1. The highest BCUT2D eigenvalue weighted by molar-refractivity contribution is 14.1. The van der Waals surface area contributed by atoms with Crippen molar-refractivity contribution in [3.05, 3.63) is 33.4 Å². The summed E-state index contributed by atoms with van der Waals surface area (Å²) in [5.41, 5.74) is 12.3. The molecule has 0 spiro atoms. The zero-order valence-electron chi connectivity index (χ0n) is 28.1. The van der Waals surface area contributed by atoms with Crippen molar-refractivity contribution in [2.24, 2.45) is 11.5 Å². The third kappa shape index (κ3) is 20.5. The first-order chi connectivity index (χ1) is 23.3. The van der Waals surface area contributed by atoms with Crippen LogP contribution in [0.1, 0.15) is 56.9 Å². The van der Waals surface area contributed by atoms with Gasteiger partial charge in [0, 0.05) is 36.7 Å². The molecule has 1 rings (SSSR count). The average molecular weight is 807 g/mol. The minimum atomic E-state index is -1.22. The van der Waals surface area contributed by atoms with Crippen LogP contribution in [0.3, 0.4) is 0 Å². The smallest absolute Gasteiger partial charge is 0.326 e. The number of urea groups is 1. The van der Waals surface area contributed by atoms with Gasteiger partial charge in [0.2, 0.25) is 17.7 Å². The minimum absolute atomic E-state index is 0.0123. The summed E-state index contributed by atoms with van der Waals surface area (Å²) in [6.45, 7) is 0.288. The van der Waals surface area contributed by atoms with Crippen LogP contribution in [-0.4, -0.2) is 127 Å². The molecule has 0 unspecified atom stereocenters. The molecule has 5 amide bonds. The number of nitrogens with two attached hydrogens (primary N) is 2. The molecule has 17 heteroatoms. The third-order valence-electron chi connectivity index (χ3n) is 7.46. The largest absolute Gasteiger partial charge is 0.480 e. The van der Waals surface area contributed by atoms with Gasteiger partial charge in [0.25, 0.3) is 0 Å². The SMILES string of the molecule is CN(C(N)=O)[C@@H](CCCCN(CC(=O)O)C(=O)COCCOCCNC(=O)[C@@H](N)CCCCNC(=O)CCCc1ccc(I)cc1)C(=O)O. The van der Waals surface area contributed by atoms with Crippen LogP contribution in [0.15, 0.2) is 24.3 Å². The quantitative estimate of drug-likeness (QED) is 0.0540. The molecule has 0 bridgehead atoms. The van der Waals surface area contributed by atoms with Crippen LogP contribution in [0.2, 0.25) is 0 Å². The Morgan fingerprint density at radius 1 is 0.878 bits per heavy atom. The average Bonchev–Trinajstić information content (AvgIpc) is 3.05. The molecule has 49 heavy (non-hydrogen) atoms. The Morgan fingerprint density at radius 2 is 1.55 bits per heavy atom. The van der Waals surface area contributed by atoms with Crippen LogP contribution in [0, 0.1) is 3.57 Å². The molecule has 0 saturated heterocycles. The van der Waals surface area contributed by atoms with Crippen molar-refractivity contribution >= 4 is 58.3 Å². The number of amides is 5. The van der Waals surface area contributed by atoms with Gasteiger partial charge >= 0.3 is 18.0 Å². The van der Waals surface area contributed by atoms with Crippen molar-refractivity contribution < 1.29 is 48.5 Å². The molecule has 0 fully saturated rings. The Labute approximate surface area is 300 Å². The standard InChI is InChI=1S/C32H51IN6O10/c1-38(32(35)47)26(31(45)46)9-3-5-17-39(21-29(42)43)28(41)22-49-20-19-48-18-16-37-30(44)25(34)8-2-4-15-36-27(40)10-6-7-23-11-13-24(33)14-12-23/h11-14,25-26H,2-10,15-22,34H2,1H3,(H2,35,47)(H,36,40)(H,37,44)(H,42,43)(H,45,46)/t25-,26-/m0/s1. The van der Waals surface area contributed by atoms with Crippen molar-refractivity contribution in [3.63, 3.8) is 0 Å². The molecule has 1 aromatic rings. The molecule has 0 aliphatic heterocycles. The van der Waals surface area contributed by atoms with E-state index >= 15 is 0 Å². The van der Waals surface area contributed by atoms with E-state index in [1.54, 1.807) is 0 Å². The van der Waals surface area contributed by atoms with Crippen molar-refractivity contribution in [1.29, 1.82) is 0 Å². The van der Waals surface area contributed by atoms with Gasteiger partial charge in [-0.1, -0.05) is 12.1 Å².